The minimum absolute atomic E-state index is 0.0859. The van der Waals surface area contributed by atoms with Gasteiger partial charge >= 0.3 is 0 Å². The summed E-state index contributed by atoms with van der Waals surface area (Å²) in [5, 5.41) is 0. The van der Waals surface area contributed by atoms with Crippen LogP contribution in [0.5, 0.6) is 0 Å². The predicted octanol–water partition coefficient (Wildman–Crippen LogP) is 0.971. The summed E-state index contributed by atoms with van der Waals surface area (Å²) in [6.07, 6.45) is 3.63. The molecule has 0 aromatic carbocycles. The van der Waals surface area contributed by atoms with Crippen LogP contribution in [0.25, 0.3) is 0 Å². The van der Waals surface area contributed by atoms with Gasteiger partial charge < -0.3 is 4.57 Å². The van der Waals surface area contributed by atoms with Crippen molar-refractivity contribution in [3.63, 3.8) is 0 Å². The first kappa shape index (κ1) is 10.2. The highest BCUT2D eigenvalue weighted by atomic mass is 15.3. The Kier molecular flexibility index (Phi) is 2.73. The molecule has 4 heteroatoms. The molecule has 1 aromatic heterocycles. The Morgan fingerprint density at radius 3 is 2.46 bits per heavy atom. The van der Waals surface area contributed by atoms with E-state index >= 15 is 0 Å². The molecule has 3 N–H and O–H groups in total. The minimum atomic E-state index is 0.0859. The second-order valence-corrected chi connectivity index (χ2v) is 4.40. The second kappa shape index (κ2) is 3.47. The van der Waals surface area contributed by atoms with Gasteiger partial charge in [-0.05, 0) is 5.41 Å². The van der Waals surface area contributed by atoms with E-state index in [4.69, 9.17) is 5.84 Å². The smallest absolute Gasteiger partial charge is 0.0946 e. The number of hydrogen-bond donors (Lipinski definition) is 2. The van der Waals surface area contributed by atoms with E-state index in [2.05, 4.69) is 31.2 Å². The fourth-order valence-electron chi connectivity index (χ4n) is 1.42. The Balaban J connectivity index is 2.98. The van der Waals surface area contributed by atoms with Crippen molar-refractivity contribution in [2.45, 2.75) is 26.8 Å². The number of nitrogens with zero attached hydrogens (tertiary/aromatic N) is 2. The molecule has 13 heavy (non-hydrogen) atoms. The van der Waals surface area contributed by atoms with Crippen LogP contribution in [0.3, 0.4) is 0 Å². The van der Waals surface area contributed by atoms with E-state index in [1.807, 2.05) is 17.8 Å². The Hall–Kier alpha value is -0.870. The Morgan fingerprint density at radius 1 is 1.54 bits per heavy atom. The van der Waals surface area contributed by atoms with Gasteiger partial charge in [-0.2, -0.15) is 0 Å². The van der Waals surface area contributed by atoms with Gasteiger partial charge in [0.1, 0.15) is 0 Å². The Bertz CT molecular complexity index is 271. The van der Waals surface area contributed by atoms with Gasteiger partial charge in [0.2, 0.25) is 0 Å². The number of aromatic nitrogens is 2. The van der Waals surface area contributed by atoms with Gasteiger partial charge in [0, 0.05) is 13.2 Å². The first-order valence-electron chi connectivity index (χ1n) is 4.39. The lowest BCUT2D eigenvalue weighted by molar-refractivity contribution is 0.266. The van der Waals surface area contributed by atoms with Crippen molar-refractivity contribution in [1.82, 2.24) is 15.0 Å². The third-order valence-corrected chi connectivity index (χ3v) is 2.18. The summed E-state index contributed by atoms with van der Waals surface area (Å²) < 4.78 is 1.98. The van der Waals surface area contributed by atoms with E-state index in [-0.39, 0.29) is 11.5 Å². The Labute approximate surface area is 79.1 Å². The van der Waals surface area contributed by atoms with E-state index in [9.17, 15) is 0 Å². The van der Waals surface area contributed by atoms with Crippen LogP contribution >= 0.6 is 0 Å². The molecule has 0 radical (unpaired) electrons. The number of aryl methyl sites for hydroxylation is 1. The zero-order valence-electron chi connectivity index (χ0n) is 8.70. The molecule has 1 unspecified atom stereocenters. The van der Waals surface area contributed by atoms with E-state index in [1.54, 1.807) is 6.33 Å². The van der Waals surface area contributed by atoms with Crippen molar-refractivity contribution in [3.8, 4) is 0 Å². The zero-order valence-corrected chi connectivity index (χ0v) is 8.70. The summed E-state index contributed by atoms with van der Waals surface area (Å²) in [6.45, 7) is 6.43. The van der Waals surface area contributed by atoms with Crippen molar-refractivity contribution in [1.29, 1.82) is 0 Å². The molecule has 4 nitrogen and oxygen atoms in total. The van der Waals surface area contributed by atoms with E-state index in [0.717, 1.165) is 5.69 Å². The molecule has 0 aliphatic rings. The maximum Gasteiger partial charge on any atom is 0.0946 e. The molecular weight excluding hydrogens is 164 g/mol. The molecule has 0 aliphatic carbocycles. The topological polar surface area (TPSA) is 55.9 Å². The van der Waals surface area contributed by atoms with Gasteiger partial charge in [0.25, 0.3) is 0 Å². The molecule has 0 spiro atoms. The molecule has 1 heterocycles. The molecule has 0 fully saturated rings. The van der Waals surface area contributed by atoms with Crippen molar-refractivity contribution in [2.24, 2.45) is 18.3 Å². The maximum absolute atomic E-state index is 5.53. The van der Waals surface area contributed by atoms with Crippen LogP contribution in [0.4, 0.5) is 0 Å². The van der Waals surface area contributed by atoms with Gasteiger partial charge in [0.05, 0.1) is 18.1 Å². The molecule has 74 valence electrons. The first-order valence-corrected chi connectivity index (χ1v) is 4.39. The van der Waals surface area contributed by atoms with Crippen LogP contribution in [0.15, 0.2) is 12.5 Å². The average molecular weight is 182 g/mol. The summed E-state index contributed by atoms with van der Waals surface area (Å²) >= 11 is 0. The Morgan fingerprint density at radius 2 is 2.15 bits per heavy atom. The van der Waals surface area contributed by atoms with Crippen LogP contribution in [-0.4, -0.2) is 9.55 Å². The lowest BCUT2D eigenvalue weighted by Crippen LogP contribution is -2.37. The van der Waals surface area contributed by atoms with E-state index in [0.29, 0.717) is 0 Å². The number of nitrogens with two attached hydrogens (primary N) is 1. The molecule has 0 saturated carbocycles. The average Bonchev–Trinajstić information content (AvgIpc) is 2.35. The molecule has 0 amide bonds. The molecular formula is C9H18N4. The van der Waals surface area contributed by atoms with Gasteiger partial charge in [-0.15, -0.1) is 0 Å². The highest BCUT2D eigenvalue weighted by Gasteiger charge is 2.26. The molecule has 1 atom stereocenters. The standard InChI is InChI=1S/C9H18N4/c1-9(2,3)8(12-10)7-5-11-6-13(7)4/h5-6,8,12H,10H2,1-4H3. The lowest BCUT2D eigenvalue weighted by Gasteiger charge is -2.29. The van der Waals surface area contributed by atoms with Crippen LogP contribution in [0.1, 0.15) is 32.5 Å². The van der Waals surface area contributed by atoms with Crippen molar-refractivity contribution < 1.29 is 0 Å². The van der Waals surface area contributed by atoms with Crippen molar-refractivity contribution in [3.05, 3.63) is 18.2 Å². The van der Waals surface area contributed by atoms with Crippen molar-refractivity contribution in [2.75, 3.05) is 0 Å². The highest BCUT2D eigenvalue weighted by Crippen LogP contribution is 2.31. The van der Waals surface area contributed by atoms with Gasteiger partial charge in [-0.3, -0.25) is 11.3 Å². The van der Waals surface area contributed by atoms with Crippen LogP contribution < -0.4 is 11.3 Å². The predicted molar refractivity (Wildman–Crippen MR) is 52.7 cm³/mol. The van der Waals surface area contributed by atoms with E-state index < -0.39 is 0 Å². The highest BCUT2D eigenvalue weighted by molar-refractivity contribution is 5.07. The molecule has 1 aromatic rings. The van der Waals surface area contributed by atoms with Crippen LogP contribution in [0, 0.1) is 5.41 Å². The number of hydrogen-bond acceptors (Lipinski definition) is 3. The van der Waals surface area contributed by atoms with Crippen LogP contribution in [-0.2, 0) is 7.05 Å². The molecule has 0 aliphatic heterocycles. The normalized spacial score (nSPS) is 14.5. The number of rotatable bonds is 2. The number of hydrazine groups is 1. The number of imidazole rings is 1. The molecule has 0 saturated heterocycles. The van der Waals surface area contributed by atoms with Crippen LogP contribution in [0.2, 0.25) is 0 Å². The fraction of sp³-hybridized carbons (Fsp3) is 0.667. The molecule has 0 bridgehead atoms. The monoisotopic (exact) mass is 182 g/mol. The summed E-state index contributed by atoms with van der Waals surface area (Å²) in [5.41, 5.74) is 4.02. The number of nitrogens with one attached hydrogen (secondary N) is 1. The van der Waals surface area contributed by atoms with Gasteiger partial charge in [-0.1, -0.05) is 20.8 Å². The third-order valence-electron chi connectivity index (χ3n) is 2.18. The fourth-order valence-corrected chi connectivity index (χ4v) is 1.42. The second-order valence-electron chi connectivity index (χ2n) is 4.40. The van der Waals surface area contributed by atoms with Gasteiger partial charge in [-0.25, -0.2) is 4.98 Å². The summed E-state index contributed by atoms with van der Waals surface area (Å²) in [4.78, 5) is 4.07. The zero-order chi connectivity index (χ0) is 10.1. The maximum atomic E-state index is 5.53. The third kappa shape index (κ3) is 2.08. The van der Waals surface area contributed by atoms with E-state index in [1.165, 1.54) is 0 Å². The quantitative estimate of drug-likeness (QED) is 0.529. The summed E-state index contributed by atoms with van der Waals surface area (Å²) in [6, 6.07) is 0.125. The largest absolute Gasteiger partial charge is 0.336 e. The van der Waals surface area contributed by atoms with Crippen molar-refractivity contribution >= 4 is 0 Å². The van der Waals surface area contributed by atoms with Gasteiger partial charge in [0.15, 0.2) is 0 Å². The lowest BCUT2D eigenvalue weighted by atomic mass is 9.85. The summed E-state index contributed by atoms with van der Waals surface area (Å²) in [5.74, 6) is 5.53. The first-order chi connectivity index (χ1) is 5.96. The minimum Gasteiger partial charge on any atom is -0.336 e. The SMILES string of the molecule is Cn1cncc1C(NN)C(C)(C)C. The summed E-state index contributed by atoms with van der Waals surface area (Å²) in [7, 11) is 1.97. The molecule has 1 rings (SSSR count).